The number of nitrogens with zero attached hydrogens (tertiary/aromatic N) is 3. The van der Waals surface area contributed by atoms with E-state index in [9.17, 15) is 4.79 Å². The third-order valence-corrected chi connectivity index (χ3v) is 5.35. The summed E-state index contributed by atoms with van der Waals surface area (Å²) >= 11 is 5.68. The molecule has 2 heterocycles. The Kier molecular flexibility index (Phi) is 5.34. The topological polar surface area (TPSA) is 53.5 Å². The number of aryl methyl sites for hydroxylation is 2. The van der Waals surface area contributed by atoms with Crippen molar-refractivity contribution in [2.75, 3.05) is 20.2 Å². The zero-order valence-electron chi connectivity index (χ0n) is 15.0. The van der Waals surface area contributed by atoms with Gasteiger partial charge in [-0.25, -0.2) is 0 Å². The zero-order valence-corrected chi connectivity index (χ0v) is 15.8. The van der Waals surface area contributed by atoms with Crippen molar-refractivity contribution < 1.29 is 14.4 Å². The van der Waals surface area contributed by atoms with Gasteiger partial charge >= 0.3 is 5.97 Å². The number of methoxy groups -OCH3 is 1. The van der Waals surface area contributed by atoms with Crippen LogP contribution in [0.3, 0.4) is 0 Å². The Hall–Kier alpha value is -1.99. The number of hydrogen-bond acceptors (Lipinski definition) is 4. The largest absolute Gasteiger partial charge is 0.469 e. The van der Waals surface area contributed by atoms with Crippen molar-refractivity contribution in [2.24, 2.45) is 5.92 Å². The summed E-state index contributed by atoms with van der Waals surface area (Å²) in [4.78, 5) is 13.0. The minimum absolute atomic E-state index is 0.0352. The van der Waals surface area contributed by atoms with E-state index in [1.54, 1.807) is 0 Å². The number of ether oxygens (including phenoxy) is 1. The van der Waals surface area contributed by atoms with Gasteiger partial charge in [0.25, 0.3) is 0 Å². The summed E-state index contributed by atoms with van der Waals surface area (Å²) in [5, 5.41) is 4.66. The Morgan fingerprint density at radius 2 is 2.00 bits per heavy atom. The number of carbonyl (C=O) groups excluding carboxylic acids is 1. The molecule has 1 N–H and O–H groups in total. The van der Waals surface area contributed by atoms with E-state index in [2.05, 4.69) is 24.2 Å². The fourth-order valence-electron chi connectivity index (χ4n) is 3.51. The van der Waals surface area contributed by atoms with Crippen molar-refractivity contribution >= 4 is 18.2 Å². The summed E-state index contributed by atoms with van der Waals surface area (Å²) in [5.74, 6) is 0.839. The molecule has 0 spiro atoms. The molecule has 0 radical (unpaired) electrons. The molecule has 0 atom stereocenters. The fraction of sp³-hybridized carbons (Fsp3) is 0.500. The van der Waals surface area contributed by atoms with Crippen molar-refractivity contribution in [3.63, 3.8) is 0 Å². The van der Waals surface area contributed by atoms with Crippen LogP contribution in [0.15, 0.2) is 24.3 Å². The van der Waals surface area contributed by atoms with Crippen LogP contribution < -0.4 is 4.90 Å². The number of hydrogen-bond donors (Lipinski definition) is 1. The summed E-state index contributed by atoms with van der Waals surface area (Å²) in [7, 11) is 1.46. The lowest BCUT2D eigenvalue weighted by Gasteiger charge is -2.27. The molecule has 3 rings (SSSR count). The minimum Gasteiger partial charge on any atom is -0.469 e. The van der Waals surface area contributed by atoms with Gasteiger partial charge < -0.3 is 9.64 Å². The molecule has 1 fully saturated rings. The number of para-hydroxylation sites is 1. The van der Waals surface area contributed by atoms with Gasteiger partial charge in [-0.3, -0.25) is 9.36 Å². The van der Waals surface area contributed by atoms with E-state index in [0.29, 0.717) is 0 Å². The molecule has 0 unspecified atom stereocenters. The first-order valence-electron chi connectivity index (χ1n) is 8.65. The molecule has 2 aromatic rings. The first kappa shape index (κ1) is 17.8. The van der Waals surface area contributed by atoms with Gasteiger partial charge in [-0.15, -0.1) is 0 Å². The third kappa shape index (κ3) is 3.67. The molecule has 1 aromatic carbocycles. The van der Waals surface area contributed by atoms with Crippen molar-refractivity contribution in [2.45, 2.75) is 33.4 Å². The smallest absolute Gasteiger partial charge is 0.309 e. The second-order valence-electron chi connectivity index (χ2n) is 6.66. The van der Waals surface area contributed by atoms with Crippen LogP contribution in [0.4, 0.5) is 0 Å². The molecule has 0 saturated carbocycles. The molecular formula is C18H25N4O2S+. The van der Waals surface area contributed by atoms with Crippen LogP contribution in [-0.4, -0.2) is 40.5 Å². The van der Waals surface area contributed by atoms with Gasteiger partial charge in [0, 0.05) is 12.8 Å². The fourth-order valence-corrected chi connectivity index (χ4v) is 3.84. The molecule has 1 aromatic heterocycles. The molecule has 1 aliphatic rings. The van der Waals surface area contributed by atoms with Crippen LogP contribution in [0.25, 0.3) is 5.69 Å². The summed E-state index contributed by atoms with van der Waals surface area (Å²) < 4.78 is 9.51. The molecule has 0 aliphatic carbocycles. The molecule has 1 saturated heterocycles. The van der Waals surface area contributed by atoms with E-state index in [1.807, 2.05) is 28.3 Å². The van der Waals surface area contributed by atoms with Gasteiger partial charge in [0.2, 0.25) is 4.77 Å². The van der Waals surface area contributed by atoms with E-state index in [-0.39, 0.29) is 11.9 Å². The number of benzene rings is 1. The predicted octanol–water partition coefficient (Wildman–Crippen LogP) is 1.45. The third-order valence-electron chi connectivity index (χ3n) is 4.96. The van der Waals surface area contributed by atoms with Gasteiger partial charge in [0.05, 0.1) is 31.8 Å². The van der Waals surface area contributed by atoms with E-state index < -0.39 is 0 Å². The number of piperidine rings is 1. The lowest BCUT2D eigenvalue weighted by molar-refractivity contribution is -0.929. The number of quaternary nitrogens is 1. The maximum Gasteiger partial charge on any atom is 0.309 e. The molecule has 0 bridgehead atoms. The maximum absolute atomic E-state index is 11.7. The van der Waals surface area contributed by atoms with Crippen LogP contribution in [-0.2, 0) is 16.2 Å². The van der Waals surface area contributed by atoms with Gasteiger partial charge in [-0.2, -0.15) is 9.78 Å². The summed E-state index contributed by atoms with van der Waals surface area (Å²) in [6.07, 6.45) is 1.71. The number of carbonyl (C=O) groups is 1. The minimum atomic E-state index is -0.0877. The number of aromatic nitrogens is 3. The van der Waals surface area contributed by atoms with Crippen molar-refractivity contribution in [1.82, 2.24) is 14.3 Å². The van der Waals surface area contributed by atoms with Crippen molar-refractivity contribution in [1.29, 1.82) is 0 Å². The summed E-state index contributed by atoms with van der Waals surface area (Å²) in [6, 6.07) is 8.19. The summed E-state index contributed by atoms with van der Waals surface area (Å²) in [6.45, 7) is 6.65. The highest BCUT2D eigenvalue weighted by Crippen LogP contribution is 2.16. The van der Waals surface area contributed by atoms with Gasteiger partial charge in [-0.05, 0) is 37.7 Å². The highest BCUT2D eigenvalue weighted by Gasteiger charge is 2.28. The average Bonchev–Trinajstić information content (AvgIpc) is 2.89. The lowest BCUT2D eigenvalue weighted by Crippen LogP contribution is -3.12. The molecule has 7 heteroatoms. The molecule has 0 amide bonds. The van der Waals surface area contributed by atoms with Crippen LogP contribution >= 0.6 is 12.2 Å². The standard InChI is InChI=1S/C18H24N4O2S/c1-13-6-4-5-7-16(13)22-14(2)19-21(18(22)25)12-20-10-8-15(9-11-20)17(23)24-3/h4-7,15H,8-12H2,1-3H3/p+1. The van der Waals surface area contributed by atoms with Gasteiger partial charge in [-0.1, -0.05) is 18.2 Å². The highest BCUT2D eigenvalue weighted by molar-refractivity contribution is 7.71. The van der Waals surface area contributed by atoms with Gasteiger partial charge in [0.15, 0.2) is 6.67 Å². The van der Waals surface area contributed by atoms with Crippen molar-refractivity contribution in [3.05, 3.63) is 40.4 Å². The van der Waals surface area contributed by atoms with Crippen LogP contribution in [0.1, 0.15) is 24.2 Å². The maximum atomic E-state index is 11.7. The Balaban J connectivity index is 1.75. The van der Waals surface area contributed by atoms with Crippen LogP contribution in [0, 0.1) is 24.5 Å². The Bertz CT molecular complexity index is 819. The molecule has 6 nitrogen and oxygen atoms in total. The number of likely N-dealkylation sites (tertiary alicyclic amines) is 1. The monoisotopic (exact) mass is 361 g/mol. The van der Waals surface area contributed by atoms with Crippen molar-refractivity contribution in [3.8, 4) is 5.69 Å². The van der Waals surface area contributed by atoms with E-state index in [0.717, 1.165) is 48.9 Å². The van der Waals surface area contributed by atoms with E-state index >= 15 is 0 Å². The molecule has 134 valence electrons. The first-order valence-corrected chi connectivity index (χ1v) is 9.06. The normalized spacial score (nSPS) is 20.4. The lowest BCUT2D eigenvalue weighted by atomic mass is 9.97. The first-order chi connectivity index (χ1) is 12.0. The number of nitrogens with one attached hydrogen (secondary N) is 1. The van der Waals surface area contributed by atoms with Crippen LogP contribution in [0.2, 0.25) is 0 Å². The second-order valence-corrected chi connectivity index (χ2v) is 7.02. The Labute approximate surface area is 153 Å². The number of rotatable bonds is 4. The van der Waals surface area contributed by atoms with Crippen LogP contribution in [0.5, 0.6) is 0 Å². The quantitative estimate of drug-likeness (QED) is 0.661. The zero-order chi connectivity index (χ0) is 18.0. The van der Waals surface area contributed by atoms with Gasteiger partial charge in [0.1, 0.15) is 5.82 Å². The Morgan fingerprint density at radius 3 is 2.64 bits per heavy atom. The van der Waals surface area contributed by atoms with E-state index in [4.69, 9.17) is 17.0 Å². The summed E-state index contributed by atoms with van der Waals surface area (Å²) in [5.41, 5.74) is 2.25. The second kappa shape index (κ2) is 7.49. The molecule has 25 heavy (non-hydrogen) atoms. The molecule has 1 aliphatic heterocycles. The SMILES string of the molecule is COC(=O)C1CC[NH+](Cn2nc(C)n(-c3ccccc3C)c2=S)CC1. The highest BCUT2D eigenvalue weighted by atomic mass is 32.1. The average molecular weight is 361 g/mol. The number of esters is 1. The van der Waals surface area contributed by atoms with E-state index in [1.165, 1.54) is 17.6 Å². The predicted molar refractivity (Wildman–Crippen MR) is 97.3 cm³/mol. The Morgan fingerprint density at radius 1 is 1.32 bits per heavy atom. The molecular weight excluding hydrogens is 336 g/mol.